The second-order valence-corrected chi connectivity index (χ2v) is 9.42. The highest BCUT2D eigenvalue weighted by Gasteiger charge is 2.32. The number of aromatic amines is 1. The van der Waals surface area contributed by atoms with Crippen LogP contribution in [0.1, 0.15) is 81.8 Å². The first-order valence-electron chi connectivity index (χ1n) is 12.8. The highest BCUT2D eigenvalue weighted by molar-refractivity contribution is 5.79. The summed E-state index contributed by atoms with van der Waals surface area (Å²) in [6.45, 7) is 6.12. The number of aromatic nitrogens is 5. The molecule has 0 bridgehead atoms. The Morgan fingerprint density at radius 2 is 2.03 bits per heavy atom. The van der Waals surface area contributed by atoms with Gasteiger partial charge in [0.15, 0.2) is 5.82 Å². The first-order valence-corrected chi connectivity index (χ1v) is 12.8. The third-order valence-corrected chi connectivity index (χ3v) is 7.12. The van der Waals surface area contributed by atoms with Crippen molar-refractivity contribution in [1.82, 2.24) is 30.1 Å². The summed E-state index contributed by atoms with van der Waals surface area (Å²) in [6.07, 6.45) is 8.95. The van der Waals surface area contributed by atoms with Crippen LogP contribution < -0.4 is 5.56 Å². The van der Waals surface area contributed by atoms with Crippen LogP contribution in [-0.4, -0.2) is 49.8 Å². The molecular formula is C26H38N6O2. The Kier molecular flexibility index (Phi) is 8.45. The van der Waals surface area contributed by atoms with Gasteiger partial charge in [-0.05, 0) is 65.3 Å². The molecule has 8 nitrogen and oxygen atoms in total. The van der Waals surface area contributed by atoms with Crippen LogP contribution in [0.2, 0.25) is 0 Å². The molecular weight excluding hydrogens is 428 g/mol. The molecule has 8 heteroatoms. The van der Waals surface area contributed by atoms with Gasteiger partial charge >= 0.3 is 0 Å². The summed E-state index contributed by atoms with van der Waals surface area (Å²) in [5, 5.41) is 13.8. The number of benzene rings is 1. The van der Waals surface area contributed by atoms with E-state index in [4.69, 9.17) is 4.74 Å². The molecule has 34 heavy (non-hydrogen) atoms. The number of nitrogens with one attached hydrogen (secondary N) is 1. The first kappa shape index (κ1) is 24.5. The summed E-state index contributed by atoms with van der Waals surface area (Å²) in [6, 6.07) is 8.84. The maximum Gasteiger partial charge on any atom is 0.252 e. The highest BCUT2D eigenvalue weighted by atomic mass is 16.5. The average Bonchev–Trinajstić information content (AvgIpc) is 3.33. The van der Waals surface area contributed by atoms with E-state index in [1.54, 1.807) is 7.11 Å². The van der Waals surface area contributed by atoms with Gasteiger partial charge in [-0.15, -0.1) is 5.10 Å². The first-order chi connectivity index (χ1) is 16.6. The molecule has 1 aliphatic carbocycles. The zero-order valence-electron chi connectivity index (χ0n) is 20.8. The molecule has 0 aliphatic heterocycles. The molecule has 0 spiro atoms. The highest BCUT2D eigenvalue weighted by Crippen LogP contribution is 2.33. The van der Waals surface area contributed by atoms with E-state index >= 15 is 0 Å². The van der Waals surface area contributed by atoms with Crippen LogP contribution in [0.25, 0.3) is 10.9 Å². The number of fused-ring (bicyclic) bond motifs is 1. The molecule has 1 aliphatic rings. The van der Waals surface area contributed by atoms with Crippen molar-refractivity contribution in [2.75, 3.05) is 13.7 Å². The summed E-state index contributed by atoms with van der Waals surface area (Å²) < 4.78 is 7.16. The van der Waals surface area contributed by atoms with E-state index in [0.29, 0.717) is 25.7 Å². The van der Waals surface area contributed by atoms with Crippen molar-refractivity contribution < 1.29 is 4.74 Å². The van der Waals surface area contributed by atoms with E-state index < -0.39 is 0 Å². The largest absolute Gasteiger partial charge is 0.383 e. The summed E-state index contributed by atoms with van der Waals surface area (Å²) >= 11 is 0. The lowest BCUT2D eigenvalue weighted by Gasteiger charge is -2.39. The quantitative estimate of drug-likeness (QED) is 0.451. The van der Waals surface area contributed by atoms with Crippen molar-refractivity contribution in [3.05, 3.63) is 51.6 Å². The van der Waals surface area contributed by atoms with Gasteiger partial charge in [-0.25, -0.2) is 4.68 Å². The van der Waals surface area contributed by atoms with Crippen molar-refractivity contribution in [2.45, 2.75) is 90.4 Å². The second kappa shape index (κ2) is 11.7. The molecule has 1 unspecified atom stereocenters. The monoisotopic (exact) mass is 466 g/mol. The van der Waals surface area contributed by atoms with Gasteiger partial charge in [-0.2, -0.15) is 0 Å². The number of nitrogens with zero attached hydrogens (tertiary/aromatic N) is 5. The van der Waals surface area contributed by atoms with Crippen LogP contribution >= 0.6 is 0 Å². The molecule has 1 aromatic carbocycles. The Balaban J connectivity index is 1.73. The number of H-pyrrole nitrogens is 1. The fourth-order valence-corrected chi connectivity index (χ4v) is 5.25. The van der Waals surface area contributed by atoms with Gasteiger partial charge in [0, 0.05) is 30.8 Å². The van der Waals surface area contributed by atoms with Crippen molar-refractivity contribution in [2.24, 2.45) is 0 Å². The van der Waals surface area contributed by atoms with E-state index in [9.17, 15) is 4.79 Å². The third kappa shape index (κ3) is 5.55. The smallest absolute Gasteiger partial charge is 0.252 e. The number of ether oxygens (including phenoxy) is 1. The number of tetrazole rings is 1. The van der Waals surface area contributed by atoms with E-state index in [2.05, 4.69) is 57.5 Å². The normalized spacial score (nSPS) is 15.9. The standard InChI is InChI=1S/C26H38N6O2/c1-4-9-24(25-28-29-30-32(25)14-15-34-3)31(22-10-7-6-8-11-22)18-21-17-20-16-19(5-2)12-13-23(20)27-26(21)33/h12-13,16-17,22,24H,4-11,14-15,18H2,1-3H3,(H,27,33). The molecule has 2 aromatic heterocycles. The molecule has 1 N–H and O–H groups in total. The Morgan fingerprint density at radius 3 is 2.76 bits per heavy atom. The molecule has 0 saturated heterocycles. The molecule has 3 aromatic rings. The SMILES string of the molecule is CCCC(c1nnnn1CCOC)N(Cc1cc2cc(CC)ccc2[nH]c1=O)C1CCCCC1. The van der Waals surface area contributed by atoms with Crippen molar-refractivity contribution in [1.29, 1.82) is 0 Å². The number of aryl methyl sites for hydroxylation is 1. The number of hydrogen-bond donors (Lipinski definition) is 1. The van der Waals surface area contributed by atoms with Crippen LogP contribution in [-0.2, 0) is 24.2 Å². The van der Waals surface area contributed by atoms with E-state index in [0.717, 1.165) is 54.4 Å². The van der Waals surface area contributed by atoms with Gasteiger partial charge < -0.3 is 9.72 Å². The molecule has 0 amide bonds. The molecule has 1 atom stereocenters. The number of methoxy groups -OCH3 is 1. The van der Waals surface area contributed by atoms with Crippen LogP contribution in [0, 0.1) is 0 Å². The van der Waals surface area contributed by atoms with Crippen molar-refractivity contribution in [3.63, 3.8) is 0 Å². The van der Waals surface area contributed by atoms with Crippen LogP contribution in [0.5, 0.6) is 0 Å². The topological polar surface area (TPSA) is 88.9 Å². The Labute approximate surface area is 201 Å². The molecule has 1 fully saturated rings. The van der Waals surface area contributed by atoms with E-state index in [1.807, 2.05) is 10.7 Å². The van der Waals surface area contributed by atoms with Crippen molar-refractivity contribution in [3.8, 4) is 0 Å². The second-order valence-electron chi connectivity index (χ2n) is 9.42. The van der Waals surface area contributed by atoms with Crippen LogP contribution in [0.4, 0.5) is 0 Å². The molecule has 0 radical (unpaired) electrons. The lowest BCUT2D eigenvalue weighted by atomic mass is 9.91. The third-order valence-electron chi connectivity index (χ3n) is 7.12. The number of pyridine rings is 1. The molecule has 4 rings (SSSR count). The fourth-order valence-electron chi connectivity index (χ4n) is 5.25. The lowest BCUT2D eigenvalue weighted by molar-refractivity contribution is 0.0795. The minimum absolute atomic E-state index is 0.00761. The maximum absolute atomic E-state index is 13.1. The van der Waals surface area contributed by atoms with Gasteiger partial charge in [-0.3, -0.25) is 9.69 Å². The average molecular weight is 467 g/mol. The summed E-state index contributed by atoms with van der Waals surface area (Å²) in [7, 11) is 1.69. The predicted molar refractivity (Wildman–Crippen MR) is 134 cm³/mol. The van der Waals surface area contributed by atoms with E-state index in [1.165, 1.54) is 24.8 Å². The van der Waals surface area contributed by atoms with Gasteiger partial charge in [0.1, 0.15) is 0 Å². The molecule has 2 heterocycles. The van der Waals surface area contributed by atoms with Gasteiger partial charge in [0.25, 0.3) is 5.56 Å². The van der Waals surface area contributed by atoms with Crippen molar-refractivity contribution >= 4 is 10.9 Å². The lowest BCUT2D eigenvalue weighted by Crippen LogP contribution is -2.41. The van der Waals surface area contributed by atoms with E-state index in [-0.39, 0.29) is 11.6 Å². The number of rotatable bonds is 11. The summed E-state index contributed by atoms with van der Waals surface area (Å²) in [5.41, 5.74) is 2.97. The Hall–Kier alpha value is -2.58. The fraction of sp³-hybridized carbons (Fsp3) is 0.615. The minimum Gasteiger partial charge on any atom is -0.383 e. The van der Waals surface area contributed by atoms with Crippen LogP contribution in [0.3, 0.4) is 0 Å². The Morgan fingerprint density at radius 1 is 1.21 bits per heavy atom. The number of hydrogen-bond acceptors (Lipinski definition) is 6. The van der Waals surface area contributed by atoms with Gasteiger partial charge in [-0.1, -0.05) is 45.6 Å². The van der Waals surface area contributed by atoms with Crippen LogP contribution in [0.15, 0.2) is 29.1 Å². The minimum atomic E-state index is -0.00761. The van der Waals surface area contributed by atoms with Gasteiger partial charge in [0.05, 0.1) is 19.2 Å². The summed E-state index contributed by atoms with van der Waals surface area (Å²) in [4.78, 5) is 18.8. The molecule has 184 valence electrons. The molecule has 1 saturated carbocycles. The zero-order valence-corrected chi connectivity index (χ0v) is 20.8. The zero-order chi connectivity index (χ0) is 23.9. The predicted octanol–water partition coefficient (Wildman–Crippen LogP) is 4.40. The maximum atomic E-state index is 13.1. The van der Waals surface area contributed by atoms with Gasteiger partial charge in [0.2, 0.25) is 0 Å². The summed E-state index contributed by atoms with van der Waals surface area (Å²) in [5.74, 6) is 0.870. The Bertz CT molecular complexity index is 1120.